The molecule has 0 aromatic carbocycles. The molecule has 0 aromatic rings. The molecule has 128 valence electrons. The molecule has 0 spiro atoms. The van der Waals surface area contributed by atoms with Crippen molar-refractivity contribution in [2.24, 2.45) is 22.7 Å². The Morgan fingerprint density at radius 3 is 2.70 bits per heavy atom. The van der Waals surface area contributed by atoms with E-state index in [-0.39, 0.29) is 11.4 Å². The molecule has 2 aliphatic carbocycles. The molecule has 0 amide bonds. The van der Waals surface area contributed by atoms with Gasteiger partial charge in [-0.2, -0.15) is 0 Å². The van der Waals surface area contributed by atoms with Gasteiger partial charge in [0.05, 0.1) is 12.5 Å². The van der Waals surface area contributed by atoms with Crippen LogP contribution < -0.4 is 0 Å². The first kappa shape index (κ1) is 18.0. The quantitative estimate of drug-likeness (QED) is 0.332. The Morgan fingerprint density at radius 2 is 2.09 bits per heavy atom. The van der Waals surface area contributed by atoms with Crippen LogP contribution in [0.4, 0.5) is 0 Å². The summed E-state index contributed by atoms with van der Waals surface area (Å²) in [7, 11) is 1.49. The number of allylic oxidation sites excluding steroid dienone is 3. The summed E-state index contributed by atoms with van der Waals surface area (Å²) in [6, 6.07) is 0. The number of aldehydes is 1. The highest BCUT2D eigenvalue weighted by Gasteiger charge is 2.57. The number of rotatable bonds is 4. The summed E-state index contributed by atoms with van der Waals surface area (Å²) in [6.07, 6.45) is 8.81. The Hall–Kier alpha value is -1.38. The van der Waals surface area contributed by atoms with E-state index in [1.807, 2.05) is 13.0 Å². The van der Waals surface area contributed by atoms with E-state index in [9.17, 15) is 9.59 Å². The van der Waals surface area contributed by atoms with E-state index >= 15 is 0 Å². The molecular formula is C20H30O3. The molecule has 0 unspecified atom stereocenters. The van der Waals surface area contributed by atoms with Crippen LogP contribution in [-0.4, -0.2) is 19.4 Å². The van der Waals surface area contributed by atoms with Gasteiger partial charge in [-0.05, 0) is 68.8 Å². The van der Waals surface area contributed by atoms with Crippen LogP contribution >= 0.6 is 0 Å². The molecule has 0 N–H and O–H groups in total. The van der Waals surface area contributed by atoms with Gasteiger partial charge < -0.3 is 4.74 Å². The summed E-state index contributed by atoms with van der Waals surface area (Å²) in [5.74, 6) is 0.580. The molecule has 0 bridgehead atoms. The van der Waals surface area contributed by atoms with E-state index in [1.165, 1.54) is 12.7 Å². The first-order valence-corrected chi connectivity index (χ1v) is 8.67. The smallest absolute Gasteiger partial charge is 0.311 e. The standard InChI is InChI=1S/C20H30O3/c1-14(13-21)7-9-16-15(2)8-10-17-19(16,3)11-6-12-20(17,4)18(22)23-5/h7,13,16-17H,2,6,8-12H2,1,3-5H3/b14-7+/t16-,17+,19+,20-/m0/s1. The van der Waals surface area contributed by atoms with Crippen molar-refractivity contribution in [3.8, 4) is 0 Å². The van der Waals surface area contributed by atoms with Crippen LogP contribution in [0, 0.1) is 22.7 Å². The minimum atomic E-state index is -0.399. The molecule has 2 saturated carbocycles. The number of esters is 1. The summed E-state index contributed by atoms with van der Waals surface area (Å²) in [4.78, 5) is 23.4. The Labute approximate surface area is 140 Å². The number of methoxy groups -OCH3 is 1. The van der Waals surface area contributed by atoms with E-state index in [0.29, 0.717) is 11.8 Å². The molecule has 2 aliphatic rings. The highest BCUT2D eigenvalue weighted by Crippen LogP contribution is 2.62. The Kier molecular flexibility index (Phi) is 5.17. The maximum absolute atomic E-state index is 12.5. The minimum absolute atomic E-state index is 0.0518. The summed E-state index contributed by atoms with van der Waals surface area (Å²) >= 11 is 0. The molecule has 2 rings (SSSR count). The Balaban J connectivity index is 2.36. The van der Waals surface area contributed by atoms with E-state index in [2.05, 4.69) is 20.4 Å². The van der Waals surface area contributed by atoms with Crippen molar-refractivity contribution in [3.63, 3.8) is 0 Å². The third-order valence-electron chi connectivity index (χ3n) is 6.53. The lowest BCUT2D eigenvalue weighted by Gasteiger charge is -2.57. The maximum Gasteiger partial charge on any atom is 0.311 e. The van der Waals surface area contributed by atoms with Crippen LogP contribution in [0.15, 0.2) is 23.8 Å². The fourth-order valence-electron chi connectivity index (χ4n) is 5.21. The fraction of sp³-hybridized carbons (Fsp3) is 0.700. The molecule has 2 fully saturated rings. The Bertz CT molecular complexity index is 533. The zero-order chi connectivity index (χ0) is 17.3. The third kappa shape index (κ3) is 3.02. The van der Waals surface area contributed by atoms with Crippen molar-refractivity contribution in [1.29, 1.82) is 0 Å². The lowest BCUT2D eigenvalue weighted by Crippen LogP contribution is -2.53. The first-order chi connectivity index (χ1) is 10.8. The number of fused-ring (bicyclic) bond motifs is 1. The van der Waals surface area contributed by atoms with Gasteiger partial charge in [0.2, 0.25) is 0 Å². The molecule has 23 heavy (non-hydrogen) atoms. The van der Waals surface area contributed by atoms with Gasteiger partial charge in [0.25, 0.3) is 0 Å². The highest BCUT2D eigenvalue weighted by atomic mass is 16.5. The zero-order valence-corrected chi connectivity index (χ0v) is 15.0. The number of hydrogen-bond donors (Lipinski definition) is 0. The van der Waals surface area contributed by atoms with Crippen LogP contribution in [0.5, 0.6) is 0 Å². The zero-order valence-electron chi connectivity index (χ0n) is 15.0. The largest absolute Gasteiger partial charge is 0.469 e. The average molecular weight is 318 g/mol. The van der Waals surface area contributed by atoms with Crippen molar-refractivity contribution < 1.29 is 14.3 Å². The summed E-state index contributed by atoms with van der Waals surface area (Å²) in [5.41, 5.74) is 1.70. The second-order valence-corrected chi connectivity index (χ2v) is 7.87. The number of carbonyl (C=O) groups is 2. The predicted octanol–water partition coefficient (Wildman–Crippen LogP) is 4.47. The molecule has 0 heterocycles. The number of hydrogen-bond acceptors (Lipinski definition) is 3. The van der Waals surface area contributed by atoms with Gasteiger partial charge in [-0.1, -0.05) is 31.6 Å². The molecule has 0 aromatic heterocycles. The molecular weight excluding hydrogens is 288 g/mol. The second-order valence-electron chi connectivity index (χ2n) is 7.87. The summed E-state index contributed by atoms with van der Waals surface area (Å²) in [5, 5.41) is 0. The third-order valence-corrected chi connectivity index (χ3v) is 6.53. The van der Waals surface area contributed by atoms with Gasteiger partial charge in [0.15, 0.2) is 0 Å². The lowest BCUT2D eigenvalue weighted by atomic mass is 9.46. The van der Waals surface area contributed by atoms with Crippen molar-refractivity contribution in [2.75, 3.05) is 7.11 Å². The predicted molar refractivity (Wildman–Crippen MR) is 91.9 cm³/mol. The Morgan fingerprint density at radius 1 is 1.39 bits per heavy atom. The van der Waals surface area contributed by atoms with Crippen LogP contribution in [0.25, 0.3) is 0 Å². The fourth-order valence-corrected chi connectivity index (χ4v) is 5.21. The van der Waals surface area contributed by atoms with Gasteiger partial charge in [0, 0.05) is 0 Å². The molecule has 0 saturated heterocycles. The maximum atomic E-state index is 12.5. The van der Waals surface area contributed by atoms with Crippen LogP contribution in [0.1, 0.15) is 59.3 Å². The highest BCUT2D eigenvalue weighted by molar-refractivity contribution is 5.77. The van der Waals surface area contributed by atoms with E-state index in [1.54, 1.807) is 0 Å². The van der Waals surface area contributed by atoms with Crippen molar-refractivity contribution in [2.45, 2.75) is 59.3 Å². The first-order valence-electron chi connectivity index (χ1n) is 8.67. The van der Waals surface area contributed by atoms with E-state index < -0.39 is 5.41 Å². The minimum Gasteiger partial charge on any atom is -0.469 e. The normalized spacial score (nSPS) is 37.9. The summed E-state index contributed by atoms with van der Waals surface area (Å²) in [6.45, 7) is 10.6. The van der Waals surface area contributed by atoms with Gasteiger partial charge in [-0.25, -0.2) is 0 Å². The van der Waals surface area contributed by atoms with Crippen LogP contribution in [-0.2, 0) is 14.3 Å². The molecule has 0 aliphatic heterocycles. The topological polar surface area (TPSA) is 43.4 Å². The molecule has 3 heteroatoms. The molecule has 4 atom stereocenters. The van der Waals surface area contributed by atoms with E-state index in [0.717, 1.165) is 50.4 Å². The van der Waals surface area contributed by atoms with Gasteiger partial charge >= 0.3 is 5.97 Å². The van der Waals surface area contributed by atoms with Gasteiger partial charge in [-0.15, -0.1) is 0 Å². The average Bonchev–Trinajstić information content (AvgIpc) is 2.52. The van der Waals surface area contributed by atoms with E-state index in [4.69, 9.17) is 4.74 Å². The van der Waals surface area contributed by atoms with Crippen molar-refractivity contribution in [1.82, 2.24) is 0 Å². The lowest BCUT2D eigenvalue weighted by molar-refractivity contribution is -0.167. The van der Waals surface area contributed by atoms with Crippen LogP contribution in [0.3, 0.4) is 0 Å². The second kappa shape index (κ2) is 6.62. The molecule has 0 radical (unpaired) electrons. The number of ether oxygens (including phenoxy) is 1. The SMILES string of the molecule is C=C1CC[C@@H]2[C@](C)(CCC[C@]2(C)C(=O)OC)[C@H]1C/C=C(\C)C=O. The monoisotopic (exact) mass is 318 g/mol. The van der Waals surface area contributed by atoms with Crippen molar-refractivity contribution >= 4 is 12.3 Å². The molecule has 3 nitrogen and oxygen atoms in total. The van der Waals surface area contributed by atoms with Crippen molar-refractivity contribution in [3.05, 3.63) is 23.8 Å². The van der Waals surface area contributed by atoms with Gasteiger partial charge in [-0.3, -0.25) is 9.59 Å². The van der Waals surface area contributed by atoms with Crippen LogP contribution in [0.2, 0.25) is 0 Å². The summed E-state index contributed by atoms with van der Waals surface area (Å²) < 4.78 is 5.14. The number of carbonyl (C=O) groups excluding carboxylic acids is 2. The van der Waals surface area contributed by atoms with Gasteiger partial charge in [0.1, 0.15) is 6.29 Å².